The minimum atomic E-state index is -3.95. The van der Waals surface area contributed by atoms with E-state index < -0.39 is 27.8 Å². The third-order valence-corrected chi connectivity index (χ3v) is 9.04. The molecule has 2 aliphatic rings. The molecule has 2 atom stereocenters. The number of nitrogens with one attached hydrogen (secondary N) is 1. The lowest BCUT2D eigenvalue weighted by atomic mass is 9.81. The van der Waals surface area contributed by atoms with Gasteiger partial charge in [0.1, 0.15) is 5.75 Å². The second-order valence-electron chi connectivity index (χ2n) is 9.14. The van der Waals surface area contributed by atoms with E-state index in [4.69, 9.17) is 9.47 Å². The van der Waals surface area contributed by atoms with Gasteiger partial charge in [-0.05, 0) is 36.6 Å². The first-order valence-electron chi connectivity index (χ1n) is 12.3. The van der Waals surface area contributed by atoms with Crippen molar-refractivity contribution in [3.8, 4) is 5.75 Å². The van der Waals surface area contributed by atoms with Crippen LogP contribution in [0.2, 0.25) is 0 Å². The van der Waals surface area contributed by atoms with Crippen molar-refractivity contribution < 1.29 is 32.7 Å². The van der Waals surface area contributed by atoms with E-state index in [0.29, 0.717) is 38.5 Å². The Kier molecular flexibility index (Phi) is 9.90. The van der Waals surface area contributed by atoms with Crippen molar-refractivity contribution in [1.82, 2.24) is 14.7 Å². The molecule has 2 N–H and O–H groups in total. The van der Waals surface area contributed by atoms with E-state index in [1.807, 2.05) is 0 Å². The topological polar surface area (TPSA) is 125 Å². The molecule has 11 heteroatoms. The smallest absolute Gasteiger partial charge is 0.248 e. The van der Waals surface area contributed by atoms with E-state index in [1.54, 1.807) is 29.4 Å². The van der Waals surface area contributed by atoms with Crippen molar-refractivity contribution in [3.63, 3.8) is 0 Å². The monoisotopic (exact) mass is 511 g/mol. The summed E-state index contributed by atoms with van der Waals surface area (Å²) in [7, 11) is -2.46. The van der Waals surface area contributed by atoms with Gasteiger partial charge >= 0.3 is 0 Å². The Hall–Kier alpha value is -2.21. The van der Waals surface area contributed by atoms with Crippen molar-refractivity contribution >= 4 is 21.8 Å². The first-order chi connectivity index (χ1) is 16.8. The number of hydroxylamine groups is 1. The molecule has 1 saturated heterocycles. The lowest BCUT2D eigenvalue weighted by molar-refractivity contribution is -0.148. The summed E-state index contributed by atoms with van der Waals surface area (Å²) >= 11 is 0. The summed E-state index contributed by atoms with van der Waals surface area (Å²) in [6.07, 6.45) is 4.58. The Labute approximate surface area is 207 Å². The van der Waals surface area contributed by atoms with Crippen LogP contribution in [0, 0.1) is 17.8 Å². The fourth-order valence-electron chi connectivity index (χ4n) is 5.05. The van der Waals surface area contributed by atoms with Crippen LogP contribution in [0.5, 0.6) is 5.75 Å². The van der Waals surface area contributed by atoms with Crippen LogP contribution in [-0.4, -0.2) is 81.1 Å². The van der Waals surface area contributed by atoms with Crippen LogP contribution in [0.4, 0.5) is 0 Å². The van der Waals surface area contributed by atoms with Gasteiger partial charge in [0.25, 0.3) is 0 Å². The highest BCUT2D eigenvalue weighted by molar-refractivity contribution is 7.89. The van der Waals surface area contributed by atoms with Gasteiger partial charge < -0.3 is 14.4 Å². The minimum absolute atomic E-state index is 0.0650. The fraction of sp³-hybridized carbons (Fsp3) is 0.667. The number of carbonyl (C=O) groups excluding carboxylic acids is 2. The second kappa shape index (κ2) is 12.7. The first-order valence-corrected chi connectivity index (χ1v) is 13.7. The molecule has 1 aliphatic carbocycles. The van der Waals surface area contributed by atoms with Crippen LogP contribution < -0.4 is 10.2 Å². The summed E-state index contributed by atoms with van der Waals surface area (Å²) in [5.41, 5.74) is 1.69. The fourth-order valence-corrected chi connectivity index (χ4v) is 6.52. The second-order valence-corrected chi connectivity index (χ2v) is 11.1. The molecule has 3 rings (SSSR count). The molecule has 1 saturated carbocycles. The Balaban J connectivity index is 1.91. The summed E-state index contributed by atoms with van der Waals surface area (Å²) in [6.45, 7) is 3.27. The molecular formula is C24H37N3O7S. The SMILES string of the molecule is CCN(C[C@H](C(=O)NO)[C@@H](CC1CCCC1)C(=O)N1CCOCC1)S(=O)(=O)c1ccc(OC)cc1. The lowest BCUT2D eigenvalue weighted by Crippen LogP contribution is -2.51. The highest BCUT2D eigenvalue weighted by Crippen LogP contribution is 2.35. The summed E-state index contributed by atoms with van der Waals surface area (Å²) in [5.74, 6) is -1.92. The molecule has 0 unspecified atom stereocenters. The van der Waals surface area contributed by atoms with Gasteiger partial charge in [-0.2, -0.15) is 4.31 Å². The molecule has 10 nitrogen and oxygen atoms in total. The molecule has 2 amide bonds. The Morgan fingerprint density at radius 2 is 1.80 bits per heavy atom. The number of morpholine rings is 1. The van der Waals surface area contributed by atoms with Crippen LogP contribution in [0.25, 0.3) is 0 Å². The minimum Gasteiger partial charge on any atom is -0.497 e. The zero-order chi connectivity index (χ0) is 25.4. The lowest BCUT2D eigenvalue weighted by Gasteiger charge is -2.35. The van der Waals surface area contributed by atoms with Gasteiger partial charge in [0, 0.05) is 26.2 Å². The van der Waals surface area contributed by atoms with E-state index >= 15 is 0 Å². The maximum absolute atomic E-state index is 13.6. The number of methoxy groups -OCH3 is 1. The van der Waals surface area contributed by atoms with E-state index in [2.05, 4.69) is 0 Å². The van der Waals surface area contributed by atoms with Gasteiger partial charge in [0.15, 0.2) is 0 Å². The number of benzene rings is 1. The average molecular weight is 512 g/mol. The number of amides is 2. The molecule has 1 aliphatic heterocycles. The maximum Gasteiger partial charge on any atom is 0.248 e. The standard InChI is InChI=1S/C24H37N3O7S/c1-3-27(35(31,32)20-10-8-19(33-2)9-11-20)17-22(23(28)25-30)21(16-18-6-4-5-7-18)24(29)26-12-14-34-15-13-26/h8-11,18,21-22,30H,3-7,12-17H2,1-2H3,(H,25,28)/t21-,22+/m1/s1. The summed E-state index contributed by atoms with van der Waals surface area (Å²) < 4.78 is 38.5. The van der Waals surface area contributed by atoms with Gasteiger partial charge in [-0.1, -0.05) is 32.6 Å². The quantitative estimate of drug-likeness (QED) is 0.343. The molecule has 196 valence electrons. The summed E-state index contributed by atoms with van der Waals surface area (Å²) in [5, 5.41) is 9.54. The third-order valence-electron chi connectivity index (χ3n) is 7.08. The molecule has 2 fully saturated rings. The van der Waals surface area contributed by atoms with Gasteiger partial charge in [0.2, 0.25) is 21.8 Å². The molecule has 0 aromatic heterocycles. The summed E-state index contributed by atoms with van der Waals surface area (Å²) in [4.78, 5) is 28.3. The maximum atomic E-state index is 13.6. The van der Waals surface area contributed by atoms with E-state index in [-0.39, 0.29) is 29.8 Å². The van der Waals surface area contributed by atoms with Crippen LogP contribution in [-0.2, 0) is 24.3 Å². The molecule has 0 spiro atoms. The Bertz CT molecular complexity index is 942. The molecule has 1 aromatic carbocycles. The molecular weight excluding hydrogens is 474 g/mol. The van der Waals surface area contributed by atoms with Crippen LogP contribution >= 0.6 is 0 Å². The van der Waals surface area contributed by atoms with Gasteiger partial charge in [0.05, 0.1) is 37.1 Å². The van der Waals surface area contributed by atoms with Crippen molar-refractivity contribution in [1.29, 1.82) is 0 Å². The normalized spacial score (nSPS) is 18.9. The molecule has 1 aromatic rings. The third kappa shape index (κ3) is 6.72. The molecule has 35 heavy (non-hydrogen) atoms. The molecule has 0 radical (unpaired) electrons. The predicted octanol–water partition coefficient (Wildman–Crippen LogP) is 1.88. The van der Waals surface area contributed by atoms with Gasteiger partial charge in [-0.3, -0.25) is 14.8 Å². The number of hydrogen-bond donors (Lipinski definition) is 2. The molecule has 1 heterocycles. The zero-order valence-electron chi connectivity index (χ0n) is 20.5. The van der Waals surface area contributed by atoms with Crippen LogP contribution in [0.1, 0.15) is 39.0 Å². The highest BCUT2D eigenvalue weighted by Gasteiger charge is 2.41. The Morgan fingerprint density at radius 3 is 2.34 bits per heavy atom. The van der Waals surface area contributed by atoms with Gasteiger partial charge in [-0.15, -0.1) is 0 Å². The van der Waals surface area contributed by atoms with E-state index in [9.17, 15) is 23.2 Å². The number of rotatable bonds is 11. The number of ether oxygens (including phenoxy) is 2. The number of hydrogen-bond acceptors (Lipinski definition) is 7. The van der Waals surface area contributed by atoms with Crippen molar-refractivity contribution in [3.05, 3.63) is 24.3 Å². The first kappa shape index (κ1) is 27.4. The highest BCUT2D eigenvalue weighted by atomic mass is 32.2. The number of nitrogens with zero attached hydrogens (tertiary/aromatic N) is 2. The number of carbonyl (C=O) groups is 2. The van der Waals surface area contributed by atoms with E-state index in [1.165, 1.54) is 23.5 Å². The Morgan fingerprint density at radius 1 is 1.17 bits per heavy atom. The average Bonchev–Trinajstić information content (AvgIpc) is 3.41. The van der Waals surface area contributed by atoms with E-state index in [0.717, 1.165) is 25.7 Å². The largest absolute Gasteiger partial charge is 0.497 e. The van der Waals surface area contributed by atoms with Gasteiger partial charge in [-0.25, -0.2) is 13.9 Å². The number of sulfonamides is 1. The zero-order valence-corrected chi connectivity index (χ0v) is 21.3. The van der Waals surface area contributed by atoms with Crippen molar-refractivity contribution in [2.45, 2.75) is 43.9 Å². The van der Waals surface area contributed by atoms with Crippen LogP contribution in [0.3, 0.4) is 0 Å². The van der Waals surface area contributed by atoms with Crippen LogP contribution in [0.15, 0.2) is 29.2 Å². The van der Waals surface area contributed by atoms with Crippen molar-refractivity contribution in [2.24, 2.45) is 17.8 Å². The summed E-state index contributed by atoms with van der Waals surface area (Å²) in [6, 6.07) is 6.02. The van der Waals surface area contributed by atoms with Crippen molar-refractivity contribution in [2.75, 3.05) is 46.5 Å². The molecule has 0 bridgehead atoms. The predicted molar refractivity (Wildman–Crippen MR) is 128 cm³/mol.